The lowest BCUT2D eigenvalue weighted by Crippen LogP contribution is -2.01. The van der Waals surface area contributed by atoms with Crippen molar-refractivity contribution in [1.29, 1.82) is 0 Å². The lowest BCUT2D eigenvalue weighted by Gasteiger charge is -2.07. The molecule has 0 saturated carbocycles. The maximum absolute atomic E-state index is 5.98. The molecular weight excluding hydrogens is 326 g/mol. The van der Waals surface area contributed by atoms with Crippen molar-refractivity contribution in [2.75, 3.05) is 0 Å². The molecule has 0 N–H and O–H groups in total. The Labute approximate surface area is 142 Å². The van der Waals surface area contributed by atoms with E-state index in [1.54, 1.807) is 29.2 Å². The molecule has 4 rings (SSSR count). The van der Waals surface area contributed by atoms with Crippen molar-refractivity contribution in [3.05, 3.63) is 71.9 Å². The Morgan fingerprint density at radius 3 is 2.75 bits per heavy atom. The Morgan fingerprint density at radius 2 is 1.92 bits per heavy atom. The van der Waals surface area contributed by atoms with Crippen molar-refractivity contribution in [2.24, 2.45) is 0 Å². The third-order valence-corrected chi connectivity index (χ3v) is 3.71. The quantitative estimate of drug-likeness (QED) is 0.571. The smallest absolute Gasteiger partial charge is 0.232 e. The number of imidazole rings is 1. The molecule has 0 aliphatic heterocycles. The van der Waals surface area contributed by atoms with E-state index >= 15 is 0 Å². The molecule has 3 aromatic heterocycles. The van der Waals surface area contributed by atoms with Crippen LogP contribution in [0.2, 0.25) is 5.02 Å². The van der Waals surface area contributed by atoms with Gasteiger partial charge in [0.25, 0.3) is 0 Å². The highest BCUT2D eigenvalue weighted by molar-refractivity contribution is 6.30. The molecule has 4 aromatic rings. The van der Waals surface area contributed by atoms with Crippen LogP contribution in [0.5, 0.6) is 5.88 Å². The normalized spacial score (nSPS) is 10.9. The van der Waals surface area contributed by atoms with Crippen LogP contribution >= 0.6 is 11.6 Å². The van der Waals surface area contributed by atoms with E-state index in [1.165, 1.54) is 6.33 Å². The molecule has 0 aliphatic carbocycles. The summed E-state index contributed by atoms with van der Waals surface area (Å²) in [6, 6.07) is 11.2. The molecule has 0 bridgehead atoms. The largest absolute Gasteiger partial charge is 0.472 e. The van der Waals surface area contributed by atoms with Crippen molar-refractivity contribution in [1.82, 2.24) is 24.6 Å². The van der Waals surface area contributed by atoms with E-state index in [9.17, 15) is 0 Å². The molecule has 0 atom stereocenters. The number of ether oxygens (including phenoxy) is 1. The summed E-state index contributed by atoms with van der Waals surface area (Å²) in [5.74, 6) is 0.499. The second kappa shape index (κ2) is 6.25. The van der Waals surface area contributed by atoms with Crippen LogP contribution in [-0.2, 0) is 6.61 Å². The van der Waals surface area contributed by atoms with Gasteiger partial charge in [-0.2, -0.15) is 0 Å². The Hall–Kier alpha value is -2.99. The van der Waals surface area contributed by atoms with Crippen molar-refractivity contribution in [3.8, 4) is 17.1 Å². The van der Waals surface area contributed by atoms with Gasteiger partial charge in [-0.05, 0) is 23.8 Å². The molecule has 0 unspecified atom stereocenters. The molecule has 0 saturated heterocycles. The van der Waals surface area contributed by atoms with E-state index in [0.717, 1.165) is 22.5 Å². The van der Waals surface area contributed by atoms with Gasteiger partial charge in [0, 0.05) is 29.0 Å². The maximum Gasteiger partial charge on any atom is 0.232 e. The average molecular weight is 338 g/mol. The van der Waals surface area contributed by atoms with Gasteiger partial charge >= 0.3 is 0 Å². The summed E-state index contributed by atoms with van der Waals surface area (Å²) < 4.78 is 7.48. The number of nitrogens with zero attached hydrogens (tertiary/aromatic N) is 5. The van der Waals surface area contributed by atoms with Crippen LogP contribution in [0.1, 0.15) is 5.56 Å². The fraction of sp³-hybridized carbons (Fsp3) is 0.0588. The third-order valence-electron chi connectivity index (χ3n) is 3.47. The van der Waals surface area contributed by atoms with Crippen molar-refractivity contribution in [3.63, 3.8) is 0 Å². The topological polar surface area (TPSA) is 65.2 Å². The Morgan fingerprint density at radius 1 is 1.04 bits per heavy atom. The van der Waals surface area contributed by atoms with Gasteiger partial charge in [-0.25, -0.2) is 19.5 Å². The van der Waals surface area contributed by atoms with Gasteiger partial charge in [-0.3, -0.25) is 0 Å². The molecular formula is C17H12ClN5O. The van der Waals surface area contributed by atoms with Gasteiger partial charge in [0.2, 0.25) is 5.88 Å². The van der Waals surface area contributed by atoms with Crippen LogP contribution in [-0.4, -0.2) is 24.6 Å². The van der Waals surface area contributed by atoms with E-state index < -0.39 is 0 Å². The summed E-state index contributed by atoms with van der Waals surface area (Å²) in [7, 11) is 0. The predicted octanol–water partition coefficient (Wildman–Crippen LogP) is 3.42. The highest BCUT2D eigenvalue weighted by Crippen LogP contribution is 2.20. The minimum Gasteiger partial charge on any atom is -0.472 e. The van der Waals surface area contributed by atoms with Gasteiger partial charge < -0.3 is 4.74 Å². The first-order valence-electron chi connectivity index (χ1n) is 7.27. The van der Waals surface area contributed by atoms with Crippen molar-refractivity contribution in [2.45, 2.75) is 6.61 Å². The standard InChI is InChI=1S/C17H12ClN5O/c18-14-3-1-2-12(6-14)10-24-17-5-4-16-21-9-15(23(16)22-17)13-7-19-11-20-8-13/h1-9,11H,10H2. The number of hydrogen-bond acceptors (Lipinski definition) is 5. The Bertz CT molecular complexity index is 987. The number of halogens is 1. The van der Waals surface area contributed by atoms with E-state index in [0.29, 0.717) is 17.5 Å². The first-order valence-corrected chi connectivity index (χ1v) is 7.65. The molecule has 1 aromatic carbocycles. The van der Waals surface area contributed by atoms with E-state index in [1.807, 2.05) is 30.3 Å². The molecule has 0 amide bonds. The van der Waals surface area contributed by atoms with Gasteiger partial charge in [0.15, 0.2) is 5.65 Å². The molecule has 3 heterocycles. The molecule has 0 spiro atoms. The zero-order valence-electron chi connectivity index (χ0n) is 12.5. The summed E-state index contributed by atoms with van der Waals surface area (Å²) in [6.45, 7) is 0.386. The molecule has 7 heteroatoms. The number of hydrogen-bond donors (Lipinski definition) is 0. The summed E-state index contributed by atoms with van der Waals surface area (Å²) in [4.78, 5) is 12.4. The van der Waals surface area contributed by atoms with E-state index in [2.05, 4.69) is 20.1 Å². The molecule has 0 aliphatic rings. The van der Waals surface area contributed by atoms with E-state index in [4.69, 9.17) is 16.3 Å². The molecule has 118 valence electrons. The number of benzene rings is 1. The second-order valence-corrected chi connectivity index (χ2v) is 5.57. The second-order valence-electron chi connectivity index (χ2n) is 5.13. The summed E-state index contributed by atoms with van der Waals surface area (Å²) in [6.07, 6.45) is 6.66. The lowest BCUT2D eigenvalue weighted by molar-refractivity contribution is 0.289. The van der Waals surface area contributed by atoms with Crippen molar-refractivity contribution >= 4 is 17.2 Å². The number of aromatic nitrogens is 5. The molecule has 6 nitrogen and oxygen atoms in total. The highest BCUT2D eigenvalue weighted by Gasteiger charge is 2.09. The number of rotatable bonds is 4. The van der Waals surface area contributed by atoms with Crippen LogP contribution in [0.4, 0.5) is 0 Å². The van der Waals surface area contributed by atoms with Gasteiger partial charge in [-0.15, -0.1) is 5.10 Å². The zero-order valence-corrected chi connectivity index (χ0v) is 13.3. The first-order chi connectivity index (χ1) is 11.8. The minimum absolute atomic E-state index is 0.386. The average Bonchev–Trinajstić information content (AvgIpc) is 3.04. The van der Waals surface area contributed by atoms with Crippen LogP contribution in [0.3, 0.4) is 0 Å². The van der Waals surface area contributed by atoms with Crippen molar-refractivity contribution < 1.29 is 4.74 Å². The molecule has 24 heavy (non-hydrogen) atoms. The summed E-state index contributed by atoms with van der Waals surface area (Å²) in [5, 5.41) is 5.17. The van der Waals surface area contributed by atoms with Crippen LogP contribution in [0.25, 0.3) is 16.9 Å². The van der Waals surface area contributed by atoms with Gasteiger partial charge in [-0.1, -0.05) is 23.7 Å². The minimum atomic E-state index is 0.386. The Balaban J connectivity index is 1.63. The van der Waals surface area contributed by atoms with Crippen LogP contribution in [0, 0.1) is 0 Å². The van der Waals surface area contributed by atoms with Crippen LogP contribution in [0.15, 0.2) is 61.3 Å². The highest BCUT2D eigenvalue weighted by atomic mass is 35.5. The summed E-state index contributed by atoms with van der Waals surface area (Å²) >= 11 is 5.98. The Kier molecular flexibility index (Phi) is 3.80. The number of fused-ring (bicyclic) bond motifs is 1. The first kappa shape index (κ1) is 14.6. The molecule has 0 radical (unpaired) electrons. The SMILES string of the molecule is Clc1cccc(COc2ccc3ncc(-c4cncnc4)n3n2)c1. The monoisotopic (exact) mass is 337 g/mol. The van der Waals surface area contributed by atoms with Gasteiger partial charge in [0.05, 0.1) is 11.9 Å². The summed E-state index contributed by atoms with van der Waals surface area (Å²) in [5.41, 5.74) is 3.35. The van der Waals surface area contributed by atoms with Crippen LogP contribution < -0.4 is 4.74 Å². The zero-order chi connectivity index (χ0) is 16.4. The maximum atomic E-state index is 5.98. The fourth-order valence-corrected chi connectivity index (χ4v) is 2.56. The van der Waals surface area contributed by atoms with Gasteiger partial charge in [0.1, 0.15) is 12.9 Å². The van der Waals surface area contributed by atoms with E-state index in [-0.39, 0.29) is 0 Å². The molecule has 0 fully saturated rings. The predicted molar refractivity (Wildman–Crippen MR) is 89.8 cm³/mol. The fourth-order valence-electron chi connectivity index (χ4n) is 2.35. The third kappa shape index (κ3) is 2.91. The lowest BCUT2D eigenvalue weighted by atomic mass is 10.2.